The lowest BCUT2D eigenvalue weighted by Gasteiger charge is -2.11. The summed E-state index contributed by atoms with van der Waals surface area (Å²) < 4.78 is 18.8. The molecule has 8 heteroatoms. The van der Waals surface area contributed by atoms with E-state index >= 15 is 0 Å². The van der Waals surface area contributed by atoms with Crippen LogP contribution >= 0.6 is 7.82 Å². The van der Waals surface area contributed by atoms with Crippen molar-refractivity contribution in [2.45, 2.75) is 25.9 Å². The van der Waals surface area contributed by atoms with Gasteiger partial charge in [-0.15, -0.1) is 0 Å². The maximum atomic E-state index is 10.8. The maximum Gasteiger partial charge on any atom is 0.469 e. The second-order valence-electron chi connectivity index (χ2n) is 2.87. The highest BCUT2D eigenvalue weighted by Gasteiger charge is 2.17. The predicted octanol–water partition coefficient (Wildman–Crippen LogP) is -0.200. The molecule has 0 aliphatic rings. The summed E-state index contributed by atoms with van der Waals surface area (Å²) in [5, 5.41) is 9.08. The summed E-state index contributed by atoms with van der Waals surface area (Å²) in [6, 6.07) is 0. The normalized spacial score (nSPS) is 13.6. The largest absolute Gasteiger partial charge is 0.469 e. The van der Waals surface area contributed by atoms with Crippen LogP contribution in [0.4, 0.5) is 0 Å². The molecular weight excluding hydrogens is 227 g/mol. The van der Waals surface area contributed by atoms with E-state index in [4.69, 9.17) is 14.9 Å². The molecule has 0 rings (SSSR count). The van der Waals surface area contributed by atoms with Crippen molar-refractivity contribution in [2.75, 3.05) is 13.2 Å². The molecule has 90 valence electrons. The van der Waals surface area contributed by atoms with Gasteiger partial charge in [-0.05, 0) is 6.42 Å². The number of carbonyl (C=O) groups excluding carboxylic acids is 1. The third kappa shape index (κ3) is 9.84. The number of hydrogen-bond acceptors (Lipinski definition) is 5. The van der Waals surface area contributed by atoms with E-state index in [9.17, 15) is 9.36 Å². The third-order valence-electron chi connectivity index (χ3n) is 1.33. The van der Waals surface area contributed by atoms with Crippen molar-refractivity contribution in [3.8, 4) is 0 Å². The molecule has 0 saturated heterocycles. The molecule has 0 fully saturated rings. The molecule has 0 aromatic heterocycles. The van der Waals surface area contributed by atoms with Gasteiger partial charge in [0, 0.05) is 6.42 Å². The second-order valence-corrected chi connectivity index (χ2v) is 4.11. The van der Waals surface area contributed by atoms with Crippen LogP contribution in [0.15, 0.2) is 0 Å². The Hall–Kier alpha value is -0.460. The Morgan fingerprint density at radius 1 is 1.40 bits per heavy atom. The molecule has 1 unspecified atom stereocenters. The van der Waals surface area contributed by atoms with Crippen molar-refractivity contribution in [3.63, 3.8) is 0 Å². The van der Waals surface area contributed by atoms with Gasteiger partial charge in [0.05, 0.1) is 6.61 Å². The number of aliphatic hydroxyl groups excluding tert-OH is 1. The Balaban J connectivity index is 3.62. The van der Waals surface area contributed by atoms with Gasteiger partial charge in [0.1, 0.15) is 12.7 Å². The fourth-order valence-corrected chi connectivity index (χ4v) is 1.06. The molecule has 0 bridgehead atoms. The van der Waals surface area contributed by atoms with Crippen LogP contribution in [0.3, 0.4) is 0 Å². The number of hydrogen-bond donors (Lipinski definition) is 3. The number of rotatable bonds is 7. The number of carbonyl (C=O) groups is 1. The first-order chi connectivity index (χ1) is 6.85. The zero-order chi connectivity index (χ0) is 11.9. The Morgan fingerprint density at radius 3 is 2.47 bits per heavy atom. The number of phosphoric ester groups is 1. The van der Waals surface area contributed by atoms with Crippen LogP contribution in [0, 0.1) is 0 Å². The summed E-state index contributed by atoms with van der Waals surface area (Å²) in [4.78, 5) is 27.4. The van der Waals surface area contributed by atoms with Crippen LogP contribution in [-0.2, 0) is 18.6 Å². The van der Waals surface area contributed by atoms with E-state index in [2.05, 4.69) is 9.26 Å². The highest BCUT2D eigenvalue weighted by atomic mass is 31.2. The standard InChI is InChI=1S/C7H15O7P/c1-2-3-7(9)13-4-6(8)5-14-15(10,11)12/h6,8H,2-5H2,1H3,(H2,10,11,12). The van der Waals surface area contributed by atoms with Crippen molar-refractivity contribution in [2.24, 2.45) is 0 Å². The van der Waals surface area contributed by atoms with Gasteiger partial charge in [0.25, 0.3) is 0 Å². The molecule has 0 heterocycles. The molecule has 0 spiro atoms. The van der Waals surface area contributed by atoms with E-state index in [1.54, 1.807) is 6.92 Å². The molecule has 7 nitrogen and oxygen atoms in total. The van der Waals surface area contributed by atoms with Crippen LogP contribution in [0.2, 0.25) is 0 Å². The maximum absolute atomic E-state index is 10.8. The highest BCUT2D eigenvalue weighted by molar-refractivity contribution is 7.46. The molecule has 0 aliphatic heterocycles. The zero-order valence-corrected chi connectivity index (χ0v) is 9.22. The lowest BCUT2D eigenvalue weighted by atomic mass is 10.3. The van der Waals surface area contributed by atoms with E-state index in [0.29, 0.717) is 6.42 Å². The minimum absolute atomic E-state index is 0.242. The monoisotopic (exact) mass is 242 g/mol. The summed E-state index contributed by atoms with van der Waals surface area (Å²) in [6.07, 6.45) is -0.363. The van der Waals surface area contributed by atoms with Crippen molar-refractivity contribution >= 4 is 13.8 Å². The first-order valence-corrected chi connectivity index (χ1v) is 5.92. The van der Waals surface area contributed by atoms with E-state index in [1.807, 2.05) is 0 Å². The number of ether oxygens (including phenoxy) is 1. The average molecular weight is 242 g/mol. The first-order valence-electron chi connectivity index (χ1n) is 4.39. The quantitative estimate of drug-likeness (QED) is 0.418. The van der Waals surface area contributed by atoms with Crippen LogP contribution < -0.4 is 0 Å². The Kier molecular flexibility index (Phi) is 6.71. The van der Waals surface area contributed by atoms with Gasteiger partial charge < -0.3 is 19.6 Å². The van der Waals surface area contributed by atoms with Gasteiger partial charge in [0.2, 0.25) is 0 Å². The van der Waals surface area contributed by atoms with Gasteiger partial charge in [-0.25, -0.2) is 4.57 Å². The molecule has 0 saturated carbocycles. The SMILES string of the molecule is CCCC(=O)OCC(O)COP(=O)(O)O. The number of esters is 1. The van der Waals surface area contributed by atoms with Gasteiger partial charge in [-0.3, -0.25) is 9.32 Å². The molecule has 0 aliphatic carbocycles. The van der Waals surface area contributed by atoms with Gasteiger partial charge >= 0.3 is 13.8 Å². The zero-order valence-electron chi connectivity index (χ0n) is 8.33. The molecule has 15 heavy (non-hydrogen) atoms. The fourth-order valence-electron chi connectivity index (χ4n) is 0.697. The fraction of sp³-hybridized carbons (Fsp3) is 0.857. The average Bonchev–Trinajstić information content (AvgIpc) is 2.11. The Bertz CT molecular complexity index is 235. The third-order valence-corrected chi connectivity index (χ3v) is 1.81. The van der Waals surface area contributed by atoms with Crippen LogP contribution in [-0.4, -0.2) is 40.2 Å². The summed E-state index contributed by atoms with van der Waals surface area (Å²) >= 11 is 0. The predicted molar refractivity (Wildman–Crippen MR) is 49.9 cm³/mol. The smallest absolute Gasteiger partial charge is 0.463 e. The second kappa shape index (κ2) is 6.92. The van der Waals surface area contributed by atoms with Gasteiger partial charge in [-0.1, -0.05) is 6.92 Å². The van der Waals surface area contributed by atoms with E-state index in [1.165, 1.54) is 0 Å². The minimum Gasteiger partial charge on any atom is -0.463 e. The Morgan fingerprint density at radius 2 is 2.00 bits per heavy atom. The van der Waals surface area contributed by atoms with E-state index < -0.39 is 26.5 Å². The molecule has 0 radical (unpaired) electrons. The van der Waals surface area contributed by atoms with Crippen LogP contribution in [0.5, 0.6) is 0 Å². The van der Waals surface area contributed by atoms with Crippen molar-refractivity contribution in [1.82, 2.24) is 0 Å². The van der Waals surface area contributed by atoms with Crippen molar-refractivity contribution in [3.05, 3.63) is 0 Å². The van der Waals surface area contributed by atoms with Crippen LogP contribution in [0.1, 0.15) is 19.8 Å². The molecule has 1 atom stereocenters. The number of aliphatic hydroxyl groups is 1. The van der Waals surface area contributed by atoms with Gasteiger partial charge in [0.15, 0.2) is 0 Å². The highest BCUT2D eigenvalue weighted by Crippen LogP contribution is 2.35. The van der Waals surface area contributed by atoms with E-state index in [0.717, 1.165) is 0 Å². The summed E-state index contributed by atoms with van der Waals surface area (Å²) in [7, 11) is -4.58. The molecular formula is C7H15O7P. The Labute approximate surface area is 87.2 Å². The minimum atomic E-state index is -4.58. The number of phosphoric acid groups is 1. The lowest BCUT2D eigenvalue weighted by Crippen LogP contribution is -2.23. The van der Waals surface area contributed by atoms with E-state index in [-0.39, 0.29) is 13.0 Å². The van der Waals surface area contributed by atoms with Crippen molar-refractivity contribution < 1.29 is 33.5 Å². The lowest BCUT2D eigenvalue weighted by molar-refractivity contribution is -0.147. The molecule has 0 amide bonds. The summed E-state index contributed by atoms with van der Waals surface area (Å²) in [5.74, 6) is -0.465. The first kappa shape index (κ1) is 14.5. The molecule has 3 N–H and O–H groups in total. The van der Waals surface area contributed by atoms with Crippen LogP contribution in [0.25, 0.3) is 0 Å². The van der Waals surface area contributed by atoms with Crippen molar-refractivity contribution in [1.29, 1.82) is 0 Å². The van der Waals surface area contributed by atoms with Gasteiger partial charge in [-0.2, -0.15) is 0 Å². The molecule has 0 aromatic rings. The molecule has 0 aromatic carbocycles. The summed E-state index contributed by atoms with van der Waals surface area (Å²) in [6.45, 7) is 0.886. The topological polar surface area (TPSA) is 113 Å². The summed E-state index contributed by atoms with van der Waals surface area (Å²) in [5.41, 5.74) is 0.